The molecule has 0 fully saturated rings. The largest absolute Gasteiger partial charge is 0.488 e. The van der Waals surface area contributed by atoms with E-state index in [4.69, 9.17) is 4.74 Å². The number of ether oxygens (including phenoxy) is 1. The molecule has 0 unspecified atom stereocenters. The zero-order valence-electron chi connectivity index (χ0n) is 10.4. The zero-order chi connectivity index (χ0) is 13.8. The van der Waals surface area contributed by atoms with Crippen LogP contribution in [0.5, 0.6) is 5.75 Å². The van der Waals surface area contributed by atoms with Gasteiger partial charge < -0.3 is 4.74 Å². The summed E-state index contributed by atoms with van der Waals surface area (Å²) >= 11 is 6.67. The Labute approximate surface area is 129 Å². The highest BCUT2D eigenvalue weighted by Gasteiger charge is 2.08. The molecule has 2 aromatic rings. The van der Waals surface area contributed by atoms with Gasteiger partial charge in [-0.3, -0.25) is 0 Å². The van der Waals surface area contributed by atoms with E-state index in [-0.39, 0.29) is 12.4 Å². The fourth-order valence-corrected chi connectivity index (χ4v) is 2.59. The van der Waals surface area contributed by atoms with Gasteiger partial charge in [-0.05, 0) is 24.6 Å². The van der Waals surface area contributed by atoms with Crippen molar-refractivity contribution in [2.75, 3.05) is 0 Å². The molecule has 0 saturated carbocycles. The van der Waals surface area contributed by atoms with Crippen LogP contribution in [-0.2, 0) is 11.9 Å². The third-order valence-electron chi connectivity index (χ3n) is 2.82. The lowest BCUT2D eigenvalue weighted by molar-refractivity contribution is 0.295. The fourth-order valence-electron chi connectivity index (χ4n) is 1.81. The van der Waals surface area contributed by atoms with E-state index in [0.29, 0.717) is 10.9 Å². The maximum absolute atomic E-state index is 13.7. The lowest BCUT2D eigenvalue weighted by Gasteiger charge is -2.13. The number of benzene rings is 2. The van der Waals surface area contributed by atoms with Crippen LogP contribution in [0.15, 0.2) is 40.9 Å². The predicted octanol–water partition coefficient (Wildman–Crippen LogP) is 5.37. The molecule has 0 saturated heterocycles. The molecule has 0 heterocycles. The molecule has 19 heavy (non-hydrogen) atoms. The van der Waals surface area contributed by atoms with Gasteiger partial charge in [0.1, 0.15) is 18.2 Å². The Hall–Kier alpha value is -0.870. The van der Waals surface area contributed by atoms with Gasteiger partial charge in [0.25, 0.3) is 0 Å². The summed E-state index contributed by atoms with van der Waals surface area (Å²) in [5.41, 5.74) is 2.67. The summed E-state index contributed by atoms with van der Waals surface area (Å²) in [7, 11) is 0. The van der Waals surface area contributed by atoms with Crippen molar-refractivity contribution in [3.63, 3.8) is 0 Å². The molecule has 100 valence electrons. The molecule has 0 aliphatic rings. The zero-order valence-corrected chi connectivity index (χ0v) is 13.6. The van der Waals surface area contributed by atoms with Crippen LogP contribution in [0.1, 0.15) is 16.7 Å². The van der Waals surface area contributed by atoms with Gasteiger partial charge in [0.2, 0.25) is 0 Å². The van der Waals surface area contributed by atoms with Crippen LogP contribution in [0.25, 0.3) is 0 Å². The van der Waals surface area contributed by atoms with Gasteiger partial charge in [-0.15, -0.1) is 0 Å². The Balaban J connectivity index is 2.19. The Morgan fingerprint density at radius 2 is 1.95 bits per heavy atom. The Morgan fingerprint density at radius 1 is 1.16 bits per heavy atom. The molecule has 0 atom stereocenters. The summed E-state index contributed by atoms with van der Waals surface area (Å²) in [6.07, 6.45) is 0. The molecule has 1 nitrogen and oxygen atoms in total. The van der Waals surface area contributed by atoms with Crippen LogP contribution < -0.4 is 4.74 Å². The molecular weight excluding hydrogens is 375 g/mol. The molecule has 0 radical (unpaired) electrons. The number of halogens is 3. The van der Waals surface area contributed by atoms with Gasteiger partial charge in [-0.25, -0.2) is 4.39 Å². The first-order chi connectivity index (χ1) is 9.11. The molecule has 0 bridgehead atoms. The van der Waals surface area contributed by atoms with Gasteiger partial charge in [0.05, 0.1) is 0 Å². The van der Waals surface area contributed by atoms with E-state index in [1.807, 2.05) is 31.2 Å². The van der Waals surface area contributed by atoms with E-state index in [1.54, 1.807) is 6.07 Å². The van der Waals surface area contributed by atoms with E-state index in [1.165, 1.54) is 6.07 Å². The summed E-state index contributed by atoms with van der Waals surface area (Å²) in [5, 5.41) is 0.715. The number of aryl methyl sites for hydroxylation is 1. The van der Waals surface area contributed by atoms with E-state index in [2.05, 4.69) is 31.9 Å². The topological polar surface area (TPSA) is 9.23 Å². The van der Waals surface area contributed by atoms with Crippen molar-refractivity contribution in [3.05, 3.63) is 63.4 Å². The van der Waals surface area contributed by atoms with Crippen molar-refractivity contribution in [3.8, 4) is 5.75 Å². The highest BCUT2D eigenvalue weighted by molar-refractivity contribution is 9.10. The van der Waals surface area contributed by atoms with Crippen molar-refractivity contribution in [2.45, 2.75) is 18.9 Å². The van der Waals surface area contributed by atoms with Gasteiger partial charge in [0.15, 0.2) is 0 Å². The first-order valence-electron chi connectivity index (χ1n) is 5.83. The van der Waals surface area contributed by atoms with Gasteiger partial charge >= 0.3 is 0 Å². The first kappa shape index (κ1) is 14.5. The molecule has 2 rings (SSSR count). The number of hydrogen-bond donors (Lipinski definition) is 0. The number of para-hydroxylation sites is 1. The lowest BCUT2D eigenvalue weighted by Crippen LogP contribution is -2.01. The minimum absolute atomic E-state index is 0.226. The molecule has 0 aromatic heterocycles. The maximum atomic E-state index is 13.7. The van der Waals surface area contributed by atoms with Crippen molar-refractivity contribution in [2.24, 2.45) is 0 Å². The van der Waals surface area contributed by atoms with Crippen molar-refractivity contribution in [1.82, 2.24) is 0 Å². The van der Waals surface area contributed by atoms with Gasteiger partial charge in [-0.1, -0.05) is 56.1 Å². The second kappa shape index (κ2) is 6.53. The third-order valence-corrected chi connectivity index (χ3v) is 3.92. The molecule has 0 spiro atoms. The highest BCUT2D eigenvalue weighted by Crippen LogP contribution is 2.27. The molecule has 4 heteroatoms. The number of rotatable bonds is 4. The summed E-state index contributed by atoms with van der Waals surface area (Å²) in [6.45, 7) is 2.21. The summed E-state index contributed by atoms with van der Waals surface area (Å²) in [4.78, 5) is 0. The molecule has 0 N–H and O–H groups in total. The average molecular weight is 388 g/mol. The smallest absolute Gasteiger partial charge is 0.130 e. The number of hydrogen-bond acceptors (Lipinski definition) is 1. The second-order valence-electron chi connectivity index (χ2n) is 4.22. The standard InChI is InChI=1S/C15H13Br2FO/c1-10-3-2-4-11(8-16)15(10)19-9-12-5-6-13(17)7-14(12)18/h2-7H,8-9H2,1H3. The minimum Gasteiger partial charge on any atom is -0.488 e. The van der Waals surface area contributed by atoms with E-state index in [9.17, 15) is 4.39 Å². The van der Waals surface area contributed by atoms with Crippen LogP contribution in [0.4, 0.5) is 4.39 Å². The summed E-state index contributed by atoms with van der Waals surface area (Å²) in [5.74, 6) is 0.560. The van der Waals surface area contributed by atoms with Crippen molar-refractivity contribution >= 4 is 31.9 Å². The van der Waals surface area contributed by atoms with Gasteiger partial charge in [0, 0.05) is 20.9 Å². The summed E-state index contributed by atoms with van der Waals surface area (Å²) < 4.78 is 20.2. The Bertz CT molecular complexity index is 584. The van der Waals surface area contributed by atoms with Crippen molar-refractivity contribution < 1.29 is 9.13 Å². The molecule has 0 aliphatic carbocycles. The van der Waals surface area contributed by atoms with Crippen LogP contribution in [0.2, 0.25) is 0 Å². The summed E-state index contributed by atoms with van der Waals surface area (Å²) in [6, 6.07) is 11.0. The fraction of sp³-hybridized carbons (Fsp3) is 0.200. The van der Waals surface area contributed by atoms with Crippen LogP contribution >= 0.6 is 31.9 Å². The second-order valence-corrected chi connectivity index (χ2v) is 5.70. The normalized spacial score (nSPS) is 10.5. The monoisotopic (exact) mass is 386 g/mol. The predicted molar refractivity (Wildman–Crippen MR) is 82.2 cm³/mol. The van der Waals surface area contributed by atoms with Crippen LogP contribution in [0, 0.1) is 12.7 Å². The van der Waals surface area contributed by atoms with Crippen LogP contribution in [0.3, 0.4) is 0 Å². The maximum Gasteiger partial charge on any atom is 0.130 e. The Kier molecular flexibility index (Phi) is 4.99. The van der Waals surface area contributed by atoms with E-state index >= 15 is 0 Å². The molecule has 0 amide bonds. The van der Waals surface area contributed by atoms with Crippen molar-refractivity contribution in [1.29, 1.82) is 0 Å². The van der Waals surface area contributed by atoms with Crippen LogP contribution in [-0.4, -0.2) is 0 Å². The van der Waals surface area contributed by atoms with Gasteiger partial charge in [-0.2, -0.15) is 0 Å². The van der Waals surface area contributed by atoms with E-state index in [0.717, 1.165) is 21.3 Å². The van der Waals surface area contributed by atoms with E-state index < -0.39 is 0 Å². The average Bonchev–Trinajstić information content (AvgIpc) is 2.39. The number of alkyl halides is 1. The molecule has 0 aliphatic heterocycles. The highest BCUT2D eigenvalue weighted by atomic mass is 79.9. The first-order valence-corrected chi connectivity index (χ1v) is 7.74. The quantitative estimate of drug-likeness (QED) is 0.640. The third kappa shape index (κ3) is 3.57. The molecule has 2 aromatic carbocycles. The SMILES string of the molecule is Cc1cccc(CBr)c1OCc1ccc(Br)cc1F. The Morgan fingerprint density at radius 3 is 2.63 bits per heavy atom. The molecular formula is C15H13Br2FO. The lowest BCUT2D eigenvalue weighted by atomic mass is 10.1. The minimum atomic E-state index is -0.261.